The Morgan fingerprint density at radius 3 is 1.10 bits per heavy atom. The van der Waals surface area contributed by atoms with E-state index in [9.17, 15) is 28.8 Å². The molecule has 16 nitrogen and oxygen atoms in total. The van der Waals surface area contributed by atoms with Crippen LogP contribution in [0.5, 0.6) is 0 Å². The zero-order chi connectivity index (χ0) is 38.9. The molecule has 0 aromatic carbocycles. The van der Waals surface area contributed by atoms with Crippen LogP contribution in [0, 0.1) is 0 Å². The van der Waals surface area contributed by atoms with Crippen LogP contribution >= 0.6 is 0 Å². The average Bonchev–Trinajstić information content (AvgIpc) is 3.07. The standard InChI is InChI=1S/C34H52NO15Si/c1-22(2)31(38)45-18-26(19-46-32(39)23(3)4)49-29(36)13-16-35(15-12-28(35)51(42-9,43-10)44-11)17-14-30(37)50-27(20-47-33(40)24(5)6)21-48-34(41)25(7)8/h26-28H,1,3,5,7,12-21H2,2,4,6,8-11H3/q+1. The highest BCUT2D eigenvalue weighted by atomic mass is 28.4. The van der Waals surface area contributed by atoms with Crippen molar-refractivity contribution in [2.45, 2.75) is 64.8 Å². The molecule has 0 N–H and O–H groups in total. The van der Waals surface area contributed by atoms with Crippen LogP contribution in [0.3, 0.4) is 0 Å². The van der Waals surface area contributed by atoms with Gasteiger partial charge in [-0.3, -0.25) is 9.59 Å². The topological polar surface area (TPSA) is 185 Å². The van der Waals surface area contributed by atoms with E-state index in [1.807, 2.05) is 0 Å². The molecule has 0 aromatic heterocycles. The van der Waals surface area contributed by atoms with Crippen molar-refractivity contribution in [3.8, 4) is 0 Å². The maximum absolute atomic E-state index is 13.2. The second-order valence-electron chi connectivity index (χ2n) is 12.1. The summed E-state index contributed by atoms with van der Waals surface area (Å²) < 4.78 is 49.0. The van der Waals surface area contributed by atoms with E-state index < -0.39 is 83.3 Å². The lowest BCUT2D eigenvalue weighted by Crippen LogP contribution is -2.77. The molecule has 1 unspecified atom stereocenters. The second kappa shape index (κ2) is 21.3. The first-order valence-electron chi connectivity index (χ1n) is 16.1. The van der Waals surface area contributed by atoms with Gasteiger partial charge < -0.3 is 46.2 Å². The van der Waals surface area contributed by atoms with E-state index in [-0.39, 0.29) is 58.4 Å². The van der Waals surface area contributed by atoms with Crippen molar-refractivity contribution in [3.63, 3.8) is 0 Å². The summed E-state index contributed by atoms with van der Waals surface area (Å²) in [5.41, 5.74) is 0.138. The molecular formula is C34H52NO15Si+. The number of rotatable bonds is 24. The molecule has 286 valence electrons. The first-order valence-corrected chi connectivity index (χ1v) is 17.9. The summed E-state index contributed by atoms with van der Waals surface area (Å²) in [6, 6.07) is 0. The third-order valence-corrected chi connectivity index (χ3v) is 11.2. The zero-order valence-corrected chi connectivity index (χ0v) is 31.7. The first kappa shape index (κ1) is 44.9. The van der Waals surface area contributed by atoms with E-state index in [0.29, 0.717) is 13.0 Å². The van der Waals surface area contributed by atoms with Crippen molar-refractivity contribution in [3.05, 3.63) is 48.6 Å². The van der Waals surface area contributed by atoms with E-state index in [2.05, 4.69) is 26.3 Å². The van der Waals surface area contributed by atoms with Crippen LogP contribution in [0.4, 0.5) is 0 Å². The summed E-state index contributed by atoms with van der Waals surface area (Å²) >= 11 is 0. The van der Waals surface area contributed by atoms with Crippen LogP contribution in [0.1, 0.15) is 47.0 Å². The Morgan fingerprint density at radius 2 is 0.882 bits per heavy atom. The molecule has 1 rings (SSSR count). The number of carbonyl (C=O) groups is 6. The van der Waals surface area contributed by atoms with Gasteiger partial charge >= 0.3 is 44.6 Å². The third-order valence-electron chi connectivity index (χ3n) is 7.88. The minimum absolute atomic E-state index is 0.127. The Bertz CT molecular complexity index is 1190. The maximum Gasteiger partial charge on any atom is 0.561 e. The highest BCUT2D eigenvalue weighted by molar-refractivity contribution is 6.62. The highest BCUT2D eigenvalue weighted by Crippen LogP contribution is 2.37. The summed E-state index contributed by atoms with van der Waals surface area (Å²) in [7, 11) is 1.06. The van der Waals surface area contributed by atoms with Crippen molar-refractivity contribution in [2.75, 3.05) is 67.4 Å². The Balaban J connectivity index is 3.15. The number of esters is 6. The van der Waals surface area contributed by atoms with Crippen LogP contribution < -0.4 is 0 Å². The fourth-order valence-corrected chi connectivity index (χ4v) is 7.81. The van der Waals surface area contributed by atoms with Crippen LogP contribution in [-0.4, -0.2) is 134 Å². The van der Waals surface area contributed by atoms with Gasteiger partial charge in [0.2, 0.25) is 0 Å². The largest absolute Gasteiger partial charge is 0.561 e. The van der Waals surface area contributed by atoms with E-state index in [1.165, 1.54) is 49.0 Å². The van der Waals surface area contributed by atoms with Gasteiger partial charge in [-0.1, -0.05) is 26.3 Å². The van der Waals surface area contributed by atoms with Crippen molar-refractivity contribution in [2.24, 2.45) is 0 Å². The molecular weight excluding hydrogens is 690 g/mol. The number of hydrogen-bond donors (Lipinski definition) is 0. The van der Waals surface area contributed by atoms with Gasteiger partial charge in [0.05, 0.1) is 38.9 Å². The summed E-state index contributed by atoms with van der Waals surface area (Å²) in [6.07, 6.45) is -1.98. The van der Waals surface area contributed by atoms with Gasteiger partial charge in [-0.25, -0.2) is 19.2 Å². The average molecular weight is 743 g/mol. The fraction of sp³-hybridized carbons (Fsp3) is 0.588. The number of carbonyl (C=O) groups excluding carboxylic acids is 6. The van der Waals surface area contributed by atoms with Gasteiger partial charge in [0.1, 0.15) is 26.4 Å². The van der Waals surface area contributed by atoms with Gasteiger partial charge in [0, 0.05) is 43.6 Å². The second-order valence-corrected chi connectivity index (χ2v) is 15.2. The van der Waals surface area contributed by atoms with Gasteiger partial charge in [0.15, 0.2) is 17.9 Å². The molecule has 0 aliphatic carbocycles. The minimum Gasteiger partial charge on any atom is -0.458 e. The number of hydrogen-bond acceptors (Lipinski definition) is 15. The number of likely N-dealkylation sites (tertiary alicyclic amines) is 1. The lowest BCUT2D eigenvalue weighted by Gasteiger charge is -2.55. The molecule has 1 aliphatic heterocycles. The van der Waals surface area contributed by atoms with E-state index in [4.69, 9.17) is 41.7 Å². The van der Waals surface area contributed by atoms with Gasteiger partial charge in [-0.15, -0.1) is 0 Å². The first-order chi connectivity index (χ1) is 23.9. The van der Waals surface area contributed by atoms with E-state index in [0.717, 1.165) is 0 Å². The molecule has 1 aliphatic rings. The fourth-order valence-electron chi connectivity index (χ4n) is 4.96. The van der Waals surface area contributed by atoms with Crippen LogP contribution in [0.15, 0.2) is 48.6 Å². The lowest BCUT2D eigenvalue weighted by atomic mass is 10.1. The van der Waals surface area contributed by atoms with Crippen LogP contribution in [0.2, 0.25) is 0 Å². The van der Waals surface area contributed by atoms with Crippen molar-refractivity contribution in [1.82, 2.24) is 0 Å². The number of ether oxygens (including phenoxy) is 6. The van der Waals surface area contributed by atoms with Gasteiger partial charge in [-0.05, 0) is 27.7 Å². The third kappa shape index (κ3) is 14.2. The molecule has 1 atom stereocenters. The SMILES string of the molecule is C=C(C)C(=O)OCC(COC(=O)C(=C)C)OC(=O)CC[N+]1(CCC(=O)OC(COC(=O)C(=C)C)COC(=O)C(=C)C)CCC1[Si](OC)(OC)OC. The van der Waals surface area contributed by atoms with E-state index >= 15 is 0 Å². The van der Waals surface area contributed by atoms with E-state index in [1.54, 1.807) is 0 Å². The summed E-state index contributed by atoms with van der Waals surface area (Å²) in [5, 5.41) is 0. The van der Waals surface area contributed by atoms with Gasteiger partial charge in [0.25, 0.3) is 0 Å². The highest BCUT2D eigenvalue weighted by Gasteiger charge is 2.64. The number of nitrogens with zero attached hydrogens (tertiary/aromatic N) is 1. The maximum atomic E-state index is 13.2. The summed E-state index contributed by atoms with van der Waals surface area (Å²) in [5.74, 6) is -4.25. The number of quaternary nitrogens is 1. The molecule has 17 heteroatoms. The predicted molar refractivity (Wildman–Crippen MR) is 182 cm³/mol. The molecule has 0 spiro atoms. The Labute approximate surface area is 300 Å². The Morgan fingerprint density at radius 1 is 0.588 bits per heavy atom. The van der Waals surface area contributed by atoms with Gasteiger partial charge in [-0.2, -0.15) is 0 Å². The molecule has 1 fully saturated rings. The molecule has 0 saturated carbocycles. The molecule has 51 heavy (non-hydrogen) atoms. The van der Waals surface area contributed by atoms with Crippen molar-refractivity contribution in [1.29, 1.82) is 0 Å². The monoisotopic (exact) mass is 742 g/mol. The smallest absolute Gasteiger partial charge is 0.458 e. The summed E-state index contributed by atoms with van der Waals surface area (Å²) in [4.78, 5) is 74.2. The predicted octanol–water partition coefficient (Wildman–Crippen LogP) is 2.07. The Kier molecular flexibility index (Phi) is 18.7. The molecule has 1 heterocycles. The molecule has 0 amide bonds. The van der Waals surface area contributed by atoms with Crippen LogP contribution in [-0.2, 0) is 70.5 Å². The summed E-state index contributed by atoms with van der Waals surface area (Å²) in [6.45, 7) is 19.1. The molecule has 0 radical (unpaired) electrons. The van der Waals surface area contributed by atoms with Crippen molar-refractivity contribution < 1.29 is 74.9 Å². The van der Waals surface area contributed by atoms with Crippen molar-refractivity contribution >= 4 is 44.6 Å². The molecule has 0 bridgehead atoms. The molecule has 1 saturated heterocycles. The lowest BCUT2D eigenvalue weighted by molar-refractivity contribution is -0.979. The zero-order valence-electron chi connectivity index (χ0n) is 30.7. The normalized spacial score (nSPS) is 14.8. The Hall–Kier alpha value is -4.16. The minimum atomic E-state index is -3.32. The molecule has 0 aromatic rings. The quantitative estimate of drug-likeness (QED) is 0.0460. The van der Waals surface area contributed by atoms with Crippen LogP contribution in [0.25, 0.3) is 0 Å².